The number of amides is 3. The van der Waals surface area contributed by atoms with Crippen LogP contribution in [0.4, 0.5) is 10.5 Å². The highest BCUT2D eigenvalue weighted by molar-refractivity contribution is 7.09. The summed E-state index contributed by atoms with van der Waals surface area (Å²) in [6.07, 6.45) is 0. The quantitative estimate of drug-likeness (QED) is 0.368. The molecule has 3 aromatic rings. The zero-order chi connectivity index (χ0) is 26.6. The predicted molar refractivity (Wildman–Crippen MR) is 150 cm³/mol. The second kappa shape index (κ2) is 14.5. The lowest BCUT2D eigenvalue weighted by Crippen LogP contribution is -2.48. The first-order chi connectivity index (χ1) is 18.6. The predicted octanol–water partition coefficient (Wildman–Crippen LogP) is 4.54. The molecular weight excluding hydrogens is 500 g/mol. The third-order valence-electron chi connectivity index (χ3n) is 6.33. The summed E-state index contributed by atoms with van der Waals surface area (Å²) in [5.74, 6) is 0.503. The number of carbonyl (C=O) groups excluding carboxylic acids is 2. The standard InChI is InChI=1S/C29H36N4O4S/c1-2-37-27-13-7-6-12-26(27)30-29(35)32(15-14-31-16-18-36-19-17-31)23-28(34)33(22-25-11-8-20-38-25)21-24-9-4-3-5-10-24/h3-13,20H,2,14-19,21-23H2,1H3,(H,30,35). The number of rotatable bonds is 12. The number of hydrogen-bond acceptors (Lipinski definition) is 6. The molecule has 202 valence electrons. The molecule has 4 rings (SSSR count). The first-order valence-electron chi connectivity index (χ1n) is 13.0. The van der Waals surface area contributed by atoms with E-state index in [1.165, 1.54) is 0 Å². The van der Waals surface area contributed by atoms with Crippen molar-refractivity contribution in [1.82, 2.24) is 14.7 Å². The van der Waals surface area contributed by atoms with E-state index in [9.17, 15) is 9.59 Å². The van der Waals surface area contributed by atoms with Gasteiger partial charge in [-0.25, -0.2) is 4.79 Å². The Bertz CT molecular complexity index is 1140. The van der Waals surface area contributed by atoms with Gasteiger partial charge in [0.2, 0.25) is 5.91 Å². The minimum absolute atomic E-state index is 0.0226. The molecule has 1 aliphatic heterocycles. The van der Waals surface area contributed by atoms with Crippen molar-refractivity contribution in [2.45, 2.75) is 20.0 Å². The van der Waals surface area contributed by atoms with E-state index < -0.39 is 0 Å². The van der Waals surface area contributed by atoms with Gasteiger partial charge in [-0.2, -0.15) is 0 Å². The lowest BCUT2D eigenvalue weighted by Gasteiger charge is -2.31. The van der Waals surface area contributed by atoms with Crippen LogP contribution in [0, 0.1) is 0 Å². The fraction of sp³-hybridized carbons (Fsp3) is 0.379. The molecular formula is C29H36N4O4S. The van der Waals surface area contributed by atoms with Gasteiger partial charge in [-0.05, 0) is 36.1 Å². The Hall–Kier alpha value is -3.40. The molecule has 9 heteroatoms. The number of nitrogens with one attached hydrogen (secondary N) is 1. The van der Waals surface area contributed by atoms with Crippen molar-refractivity contribution in [3.63, 3.8) is 0 Å². The van der Waals surface area contributed by atoms with Crippen LogP contribution in [0.2, 0.25) is 0 Å². The molecule has 38 heavy (non-hydrogen) atoms. The Labute approximate surface area is 228 Å². The van der Waals surface area contributed by atoms with Gasteiger partial charge in [0.25, 0.3) is 0 Å². The van der Waals surface area contributed by atoms with Crippen LogP contribution in [0.15, 0.2) is 72.1 Å². The van der Waals surface area contributed by atoms with Crippen molar-refractivity contribution < 1.29 is 19.1 Å². The van der Waals surface area contributed by atoms with E-state index >= 15 is 0 Å². The molecule has 0 bridgehead atoms. The summed E-state index contributed by atoms with van der Waals surface area (Å²) < 4.78 is 11.2. The Balaban J connectivity index is 1.50. The maximum Gasteiger partial charge on any atom is 0.322 e. The summed E-state index contributed by atoms with van der Waals surface area (Å²) >= 11 is 1.62. The van der Waals surface area contributed by atoms with Crippen LogP contribution in [0.25, 0.3) is 0 Å². The Morgan fingerprint density at radius 3 is 2.47 bits per heavy atom. The molecule has 0 saturated carbocycles. The third-order valence-corrected chi connectivity index (χ3v) is 7.19. The van der Waals surface area contributed by atoms with Crippen LogP contribution in [0.3, 0.4) is 0 Å². The van der Waals surface area contributed by atoms with Gasteiger partial charge in [0.1, 0.15) is 12.3 Å². The molecule has 1 N–H and O–H groups in total. The molecule has 3 amide bonds. The molecule has 0 atom stereocenters. The van der Waals surface area contributed by atoms with Crippen molar-refractivity contribution in [3.05, 3.63) is 82.6 Å². The summed E-state index contributed by atoms with van der Waals surface area (Å²) in [7, 11) is 0. The van der Waals surface area contributed by atoms with E-state index in [-0.39, 0.29) is 18.5 Å². The van der Waals surface area contributed by atoms with Crippen LogP contribution < -0.4 is 10.1 Å². The van der Waals surface area contributed by atoms with E-state index in [2.05, 4.69) is 10.2 Å². The van der Waals surface area contributed by atoms with Gasteiger partial charge in [-0.15, -0.1) is 11.3 Å². The molecule has 2 aromatic carbocycles. The molecule has 0 unspecified atom stereocenters. The minimum Gasteiger partial charge on any atom is -0.492 e. The van der Waals surface area contributed by atoms with E-state index in [1.807, 2.05) is 83.9 Å². The smallest absolute Gasteiger partial charge is 0.322 e. The number of urea groups is 1. The fourth-order valence-electron chi connectivity index (χ4n) is 4.27. The van der Waals surface area contributed by atoms with Crippen molar-refractivity contribution in [3.8, 4) is 5.75 Å². The van der Waals surface area contributed by atoms with Gasteiger partial charge in [0, 0.05) is 37.6 Å². The number of morpholine rings is 1. The van der Waals surface area contributed by atoms with E-state index in [0.717, 1.165) is 23.5 Å². The number of benzene rings is 2. The molecule has 1 aliphatic rings. The zero-order valence-corrected chi connectivity index (χ0v) is 22.7. The van der Waals surface area contributed by atoms with Crippen LogP contribution in [-0.2, 0) is 22.6 Å². The summed E-state index contributed by atoms with van der Waals surface area (Å²) in [5.41, 5.74) is 1.63. The van der Waals surface area contributed by atoms with Crippen LogP contribution in [-0.4, -0.2) is 79.2 Å². The summed E-state index contributed by atoms with van der Waals surface area (Å²) in [6, 6.07) is 21.0. The van der Waals surface area contributed by atoms with E-state index in [1.54, 1.807) is 16.2 Å². The number of anilines is 1. The van der Waals surface area contributed by atoms with Gasteiger partial charge >= 0.3 is 6.03 Å². The third kappa shape index (κ3) is 8.31. The number of hydrogen-bond donors (Lipinski definition) is 1. The second-order valence-electron chi connectivity index (χ2n) is 9.05. The average molecular weight is 537 g/mol. The summed E-state index contributed by atoms with van der Waals surface area (Å²) in [4.78, 5) is 34.0. The molecule has 8 nitrogen and oxygen atoms in total. The van der Waals surface area contributed by atoms with Crippen LogP contribution in [0.5, 0.6) is 5.75 Å². The molecule has 1 fully saturated rings. The van der Waals surface area contributed by atoms with Gasteiger partial charge in [0.15, 0.2) is 0 Å². The van der Waals surface area contributed by atoms with Crippen LogP contribution in [0.1, 0.15) is 17.4 Å². The summed E-state index contributed by atoms with van der Waals surface area (Å²) in [5, 5.41) is 4.99. The molecule has 0 radical (unpaired) electrons. The van der Waals surface area contributed by atoms with E-state index in [0.29, 0.717) is 57.4 Å². The van der Waals surface area contributed by atoms with Crippen molar-refractivity contribution in [1.29, 1.82) is 0 Å². The number of nitrogens with zero attached hydrogens (tertiary/aromatic N) is 3. The lowest BCUT2D eigenvalue weighted by atomic mass is 10.2. The Kier molecular flexibility index (Phi) is 10.6. The SMILES string of the molecule is CCOc1ccccc1NC(=O)N(CCN1CCOCC1)CC(=O)N(Cc1ccccc1)Cc1cccs1. The molecule has 1 saturated heterocycles. The molecule has 2 heterocycles. The topological polar surface area (TPSA) is 74.4 Å². The number of para-hydroxylation sites is 2. The normalized spacial score (nSPS) is 13.6. The number of carbonyl (C=O) groups is 2. The Morgan fingerprint density at radius 2 is 1.74 bits per heavy atom. The molecule has 1 aromatic heterocycles. The van der Waals surface area contributed by atoms with Gasteiger partial charge in [-0.1, -0.05) is 48.5 Å². The van der Waals surface area contributed by atoms with Crippen LogP contribution >= 0.6 is 11.3 Å². The largest absolute Gasteiger partial charge is 0.492 e. The number of ether oxygens (including phenoxy) is 2. The Morgan fingerprint density at radius 1 is 0.974 bits per heavy atom. The second-order valence-corrected chi connectivity index (χ2v) is 10.1. The highest BCUT2D eigenvalue weighted by atomic mass is 32.1. The first kappa shape index (κ1) is 27.6. The lowest BCUT2D eigenvalue weighted by molar-refractivity contribution is -0.133. The minimum atomic E-state index is -0.324. The monoisotopic (exact) mass is 536 g/mol. The first-order valence-corrected chi connectivity index (χ1v) is 13.9. The van der Waals surface area contributed by atoms with Gasteiger partial charge in [-0.3, -0.25) is 9.69 Å². The zero-order valence-electron chi connectivity index (χ0n) is 21.9. The van der Waals surface area contributed by atoms with Crippen molar-refractivity contribution >= 4 is 29.0 Å². The maximum atomic E-state index is 13.7. The van der Waals surface area contributed by atoms with Crippen molar-refractivity contribution in [2.24, 2.45) is 0 Å². The number of thiophene rings is 1. The fourth-order valence-corrected chi connectivity index (χ4v) is 4.99. The maximum absolute atomic E-state index is 13.7. The highest BCUT2D eigenvalue weighted by Crippen LogP contribution is 2.24. The van der Waals surface area contributed by atoms with Gasteiger partial charge in [0.05, 0.1) is 32.1 Å². The van der Waals surface area contributed by atoms with E-state index in [4.69, 9.17) is 9.47 Å². The molecule has 0 aliphatic carbocycles. The summed E-state index contributed by atoms with van der Waals surface area (Å²) in [6.45, 7) is 7.42. The van der Waals surface area contributed by atoms with Gasteiger partial charge < -0.3 is 24.6 Å². The highest BCUT2D eigenvalue weighted by Gasteiger charge is 2.24. The average Bonchev–Trinajstić information content (AvgIpc) is 3.46. The molecule has 0 spiro atoms. The van der Waals surface area contributed by atoms with Crippen molar-refractivity contribution in [2.75, 3.05) is 57.9 Å².